The Bertz CT molecular complexity index is 1030. The van der Waals surface area contributed by atoms with Gasteiger partial charge in [-0.25, -0.2) is 0 Å². The van der Waals surface area contributed by atoms with E-state index in [0.29, 0.717) is 6.54 Å². The summed E-state index contributed by atoms with van der Waals surface area (Å²) in [4.78, 5) is 15.0. The Kier molecular flexibility index (Phi) is 6.08. The van der Waals surface area contributed by atoms with Crippen LogP contribution in [-0.4, -0.2) is 44.5 Å². The van der Waals surface area contributed by atoms with Crippen molar-refractivity contribution in [3.05, 3.63) is 59.7 Å². The predicted molar refractivity (Wildman–Crippen MR) is 119 cm³/mol. The Morgan fingerprint density at radius 2 is 1.87 bits per heavy atom. The summed E-state index contributed by atoms with van der Waals surface area (Å²) >= 11 is 1.47. The number of amides is 1. The van der Waals surface area contributed by atoms with Crippen LogP contribution in [0.2, 0.25) is 0 Å². The summed E-state index contributed by atoms with van der Waals surface area (Å²) in [7, 11) is 1.65. The molecule has 0 N–H and O–H groups in total. The fraction of sp³-hybridized carbons (Fsp3) is 0.348. The number of methoxy groups -OCH3 is 1. The van der Waals surface area contributed by atoms with E-state index in [1.165, 1.54) is 22.9 Å². The number of ether oxygens (including phenoxy) is 1. The summed E-state index contributed by atoms with van der Waals surface area (Å²) < 4.78 is 7.29. The van der Waals surface area contributed by atoms with E-state index in [2.05, 4.69) is 39.9 Å². The van der Waals surface area contributed by atoms with Gasteiger partial charge in [-0.2, -0.15) is 0 Å². The molecule has 3 aromatic rings. The molecule has 1 aliphatic heterocycles. The zero-order chi connectivity index (χ0) is 21.1. The maximum absolute atomic E-state index is 13.1. The number of hydrogen-bond acceptors (Lipinski definition) is 5. The molecule has 7 heteroatoms. The molecule has 156 valence electrons. The molecule has 1 aliphatic rings. The predicted octanol–water partition coefficient (Wildman–Crippen LogP) is 4.04. The first-order valence-corrected chi connectivity index (χ1v) is 11.1. The van der Waals surface area contributed by atoms with Gasteiger partial charge in [0.1, 0.15) is 5.75 Å². The third kappa shape index (κ3) is 4.07. The van der Waals surface area contributed by atoms with Crippen LogP contribution in [-0.2, 0) is 24.3 Å². The van der Waals surface area contributed by atoms with Gasteiger partial charge in [0.2, 0.25) is 5.91 Å². The fourth-order valence-corrected chi connectivity index (χ4v) is 4.76. The Morgan fingerprint density at radius 1 is 1.13 bits per heavy atom. The van der Waals surface area contributed by atoms with Crippen LogP contribution in [0, 0.1) is 0 Å². The van der Waals surface area contributed by atoms with Crippen LogP contribution in [0.3, 0.4) is 0 Å². The van der Waals surface area contributed by atoms with Crippen LogP contribution in [0.4, 0.5) is 0 Å². The Hall–Kier alpha value is -2.80. The molecular formula is C23H26N4O2S. The summed E-state index contributed by atoms with van der Waals surface area (Å²) in [5.74, 6) is 1.75. The molecular weight excluding hydrogens is 396 g/mol. The molecule has 0 spiro atoms. The van der Waals surface area contributed by atoms with Crippen LogP contribution in [0.15, 0.2) is 53.7 Å². The molecule has 0 saturated heterocycles. The minimum absolute atomic E-state index is 0.145. The van der Waals surface area contributed by atoms with Gasteiger partial charge >= 0.3 is 0 Å². The molecule has 6 nitrogen and oxygen atoms in total. The first-order chi connectivity index (χ1) is 14.6. The lowest BCUT2D eigenvalue weighted by molar-refractivity contribution is -0.131. The average molecular weight is 423 g/mol. The molecule has 2 heterocycles. The minimum Gasteiger partial charge on any atom is -0.497 e. The van der Waals surface area contributed by atoms with E-state index in [1.807, 2.05) is 42.2 Å². The van der Waals surface area contributed by atoms with Gasteiger partial charge < -0.3 is 14.2 Å². The van der Waals surface area contributed by atoms with Gasteiger partial charge in [-0.1, -0.05) is 36.0 Å². The first kappa shape index (κ1) is 20.5. The van der Waals surface area contributed by atoms with E-state index in [0.717, 1.165) is 41.8 Å². The number of thioether (sulfide) groups is 1. The van der Waals surface area contributed by atoms with Crippen molar-refractivity contribution in [2.75, 3.05) is 13.7 Å². The van der Waals surface area contributed by atoms with Gasteiger partial charge in [0, 0.05) is 25.2 Å². The molecule has 2 aromatic carbocycles. The number of fused-ring (bicyclic) bond motifs is 1. The number of rotatable bonds is 6. The number of aromatic nitrogens is 3. The molecule has 0 radical (unpaired) electrons. The second kappa shape index (κ2) is 8.92. The normalized spacial score (nSPS) is 14.3. The fourth-order valence-electron chi connectivity index (χ4n) is 3.76. The van der Waals surface area contributed by atoms with Crippen molar-refractivity contribution in [3.63, 3.8) is 0 Å². The van der Waals surface area contributed by atoms with E-state index in [1.54, 1.807) is 7.11 Å². The van der Waals surface area contributed by atoms with Crippen molar-refractivity contribution in [2.45, 2.75) is 43.8 Å². The lowest BCUT2D eigenvalue weighted by atomic mass is 10.00. The van der Waals surface area contributed by atoms with Crippen molar-refractivity contribution >= 4 is 17.7 Å². The van der Waals surface area contributed by atoms with E-state index in [-0.39, 0.29) is 11.2 Å². The lowest BCUT2D eigenvalue weighted by Gasteiger charge is -2.30. The van der Waals surface area contributed by atoms with Crippen LogP contribution >= 0.6 is 11.8 Å². The second-order valence-corrected chi connectivity index (χ2v) is 8.63. The molecule has 1 atom stereocenters. The van der Waals surface area contributed by atoms with Crippen LogP contribution in [0.25, 0.3) is 11.4 Å². The summed E-state index contributed by atoms with van der Waals surface area (Å²) in [6.45, 7) is 6.19. The van der Waals surface area contributed by atoms with Gasteiger partial charge in [0.25, 0.3) is 0 Å². The molecule has 0 bridgehead atoms. The van der Waals surface area contributed by atoms with Gasteiger partial charge in [0.05, 0.1) is 12.4 Å². The van der Waals surface area contributed by atoms with Crippen LogP contribution in [0.5, 0.6) is 5.75 Å². The zero-order valence-corrected chi connectivity index (χ0v) is 18.4. The first-order valence-electron chi connectivity index (χ1n) is 10.2. The highest BCUT2D eigenvalue weighted by Crippen LogP contribution is 2.29. The van der Waals surface area contributed by atoms with Crippen molar-refractivity contribution in [1.82, 2.24) is 19.7 Å². The highest BCUT2D eigenvalue weighted by atomic mass is 32.2. The maximum atomic E-state index is 13.1. The Morgan fingerprint density at radius 3 is 2.57 bits per heavy atom. The smallest absolute Gasteiger partial charge is 0.236 e. The summed E-state index contributed by atoms with van der Waals surface area (Å²) in [5, 5.41) is 9.31. The van der Waals surface area contributed by atoms with Crippen LogP contribution in [0.1, 0.15) is 25.0 Å². The molecule has 4 rings (SSSR count). The van der Waals surface area contributed by atoms with E-state index in [9.17, 15) is 4.79 Å². The number of hydrogen-bond donors (Lipinski definition) is 0. The van der Waals surface area contributed by atoms with Crippen molar-refractivity contribution in [2.24, 2.45) is 0 Å². The van der Waals surface area contributed by atoms with Crippen molar-refractivity contribution in [1.29, 1.82) is 0 Å². The topological polar surface area (TPSA) is 60.2 Å². The monoisotopic (exact) mass is 422 g/mol. The number of carbonyl (C=O) groups is 1. The van der Waals surface area contributed by atoms with E-state index < -0.39 is 0 Å². The molecule has 1 amide bonds. The molecule has 0 fully saturated rings. The lowest BCUT2D eigenvalue weighted by Crippen LogP contribution is -2.40. The summed E-state index contributed by atoms with van der Waals surface area (Å²) in [6, 6.07) is 16.1. The highest BCUT2D eigenvalue weighted by molar-refractivity contribution is 8.00. The third-order valence-corrected chi connectivity index (χ3v) is 6.52. The SMILES string of the molecule is CCn1c(S[C@H](C)C(=O)N2CCc3ccccc3C2)nnc1-c1ccc(OC)cc1. The van der Waals surface area contributed by atoms with E-state index >= 15 is 0 Å². The Labute approximate surface area is 181 Å². The third-order valence-electron chi connectivity index (χ3n) is 5.45. The van der Waals surface area contributed by atoms with Crippen molar-refractivity contribution in [3.8, 4) is 17.1 Å². The van der Waals surface area contributed by atoms with Crippen LogP contribution < -0.4 is 4.74 Å². The largest absolute Gasteiger partial charge is 0.497 e. The standard InChI is InChI=1S/C23H26N4O2S/c1-4-27-21(18-9-11-20(29-3)12-10-18)24-25-23(27)30-16(2)22(28)26-14-13-17-7-5-6-8-19(17)15-26/h5-12,16H,4,13-15H2,1-3H3/t16-/m1/s1. The molecule has 1 aromatic heterocycles. The highest BCUT2D eigenvalue weighted by Gasteiger charge is 2.27. The van der Waals surface area contributed by atoms with Gasteiger partial charge in [-0.05, 0) is 55.7 Å². The number of nitrogens with zero attached hydrogens (tertiary/aromatic N) is 4. The van der Waals surface area contributed by atoms with E-state index in [4.69, 9.17) is 4.74 Å². The molecule has 0 aliphatic carbocycles. The van der Waals surface area contributed by atoms with Crippen molar-refractivity contribution < 1.29 is 9.53 Å². The average Bonchev–Trinajstić information content (AvgIpc) is 3.20. The zero-order valence-electron chi connectivity index (χ0n) is 17.5. The summed E-state index contributed by atoms with van der Waals surface area (Å²) in [6.07, 6.45) is 0.909. The maximum Gasteiger partial charge on any atom is 0.236 e. The quantitative estimate of drug-likeness (QED) is 0.561. The van der Waals surface area contributed by atoms with Gasteiger partial charge in [-0.3, -0.25) is 4.79 Å². The van der Waals surface area contributed by atoms with Gasteiger partial charge in [0.15, 0.2) is 11.0 Å². The second-order valence-electron chi connectivity index (χ2n) is 7.32. The Balaban J connectivity index is 1.48. The molecule has 30 heavy (non-hydrogen) atoms. The molecule has 0 unspecified atom stereocenters. The summed E-state index contributed by atoms with van der Waals surface area (Å²) in [5.41, 5.74) is 3.56. The number of benzene rings is 2. The minimum atomic E-state index is -0.228. The van der Waals surface area contributed by atoms with Gasteiger partial charge in [-0.15, -0.1) is 10.2 Å². The molecule has 0 saturated carbocycles. The number of carbonyl (C=O) groups excluding carboxylic acids is 1.